The SMILES string of the molecule is CCC(C)(C)C(=O)OC1(C(C)(C)C)CCCCC1.CCC(C)(C)C(=O)OC1(C(C)C)CCCC1.CCC(C)(C)C(=O)OC1(C(C)C)CCCCC1.CCC(C)(C)C(=O)OC1(C)CCCC1.CCC(C)(C)C(=O)OC1(C)CCCCC1.CCC1(OC(=O)C(C)(C)CC)CCCC1.CCC1(OC(=O)C(C)(C)CC)CCCCC1. The van der Waals surface area contributed by atoms with Crippen LogP contribution in [-0.4, -0.2) is 81.0 Å². The maximum Gasteiger partial charge on any atom is 0.312 e. The Morgan fingerprint density at radius 3 is 0.649 bits per heavy atom. The molecule has 0 saturated heterocycles. The zero-order valence-corrected chi connectivity index (χ0v) is 78.9. The van der Waals surface area contributed by atoms with Crippen LogP contribution in [0.15, 0.2) is 0 Å². The molecule has 14 heteroatoms. The van der Waals surface area contributed by atoms with E-state index >= 15 is 0 Å². The Kier molecular flexibility index (Phi) is 43.0. The van der Waals surface area contributed by atoms with Crippen molar-refractivity contribution in [3.05, 3.63) is 0 Å². The van der Waals surface area contributed by atoms with Crippen molar-refractivity contribution in [3.8, 4) is 0 Å². The molecule has 0 aromatic carbocycles. The normalized spacial score (nSPS) is 20.5. The maximum atomic E-state index is 12.4. The van der Waals surface area contributed by atoms with Gasteiger partial charge in [-0.2, -0.15) is 0 Å². The first-order valence-electron chi connectivity index (χ1n) is 45.7. The average molecular weight is 1570 g/mol. The van der Waals surface area contributed by atoms with Gasteiger partial charge in [0.15, 0.2) is 0 Å². The number of rotatable bonds is 25. The topological polar surface area (TPSA) is 184 Å². The summed E-state index contributed by atoms with van der Waals surface area (Å²) in [5.41, 5.74) is -3.64. The number of hydrogen-bond acceptors (Lipinski definition) is 14. The lowest BCUT2D eigenvalue weighted by Gasteiger charge is -2.47. The van der Waals surface area contributed by atoms with Gasteiger partial charge in [0.25, 0.3) is 0 Å². The number of ether oxygens (including phenoxy) is 7. The standard InChI is InChI=1S/C16H30O2.C15H28O2.2C14H26O2.2C13H24O2.C12H22O2/c1-7-15(5,6)13(17)18-16(14(2,3)4)11-9-8-10-12-16;1-6-14(4,5)13(16)17-15(12(2)3)10-8-7-9-11-15;1-6-13(4,5)12(15)16-14(11(2)3)9-7-8-10-14;1-5-13(3,4)12(15)16-14(6-2)10-8-7-9-11-14;1-5-12(2,3)11(14)15-13(4)9-7-6-8-10-13;1-5-12(3,4)11(14)15-13(6-2)9-7-8-10-13;1-5-11(2,3)10(13)14-12(4)8-6-7-9-12/h7-12H2,1-6H3;12H,6-11H2,1-5H3;11H,6-10H2,1-5H3;5-11H2,1-4H3;2*5-10H2,1-4H3;5-9H2,1-4H3. The minimum Gasteiger partial charge on any atom is -0.459 e. The number of hydrogen-bond donors (Lipinski definition) is 0. The summed E-state index contributed by atoms with van der Waals surface area (Å²) in [6.45, 7) is 65.5. The second-order valence-electron chi connectivity index (χ2n) is 41.9. The quantitative estimate of drug-likeness (QED) is 0.0621. The van der Waals surface area contributed by atoms with E-state index in [-0.39, 0.29) is 124 Å². The highest BCUT2D eigenvalue weighted by molar-refractivity contribution is 5.79. The molecule has 0 bridgehead atoms. The number of esters is 7. The fourth-order valence-corrected chi connectivity index (χ4v) is 15.1. The lowest BCUT2D eigenvalue weighted by atomic mass is 9.68. The Morgan fingerprint density at radius 1 is 0.243 bits per heavy atom. The molecule has 0 aromatic rings. The van der Waals surface area contributed by atoms with Crippen LogP contribution in [-0.2, 0) is 66.7 Å². The first-order chi connectivity index (χ1) is 51.0. The lowest BCUT2D eigenvalue weighted by Crippen LogP contribution is -2.50. The third-order valence-electron chi connectivity index (χ3n) is 28.7. The van der Waals surface area contributed by atoms with Gasteiger partial charge < -0.3 is 33.2 Å². The van der Waals surface area contributed by atoms with Crippen molar-refractivity contribution in [2.24, 2.45) is 55.2 Å². The largest absolute Gasteiger partial charge is 0.459 e. The van der Waals surface area contributed by atoms with E-state index in [1.165, 1.54) is 116 Å². The van der Waals surface area contributed by atoms with Gasteiger partial charge in [0.2, 0.25) is 0 Å². The van der Waals surface area contributed by atoms with Gasteiger partial charge in [0.1, 0.15) is 39.2 Å². The molecular formula is C97H180O14. The van der Waals surface area contributed by atoms with Crippen molar-refractivity contribution in [3.63, 3.8) is 0 Å². The zero-order valence-electron chi connectivity index (χ0n) is 78.9. The van der Waals surface area contributed by atoms with Crippen LogP contribution >= 0.6 is 0 Å². The lowest BCUT2D eigenvalue weighted by molar-refractivity contribution is -0.190. The Bertz CT molecular complexity index is 2740. The molecule has 0 heterocycles. The molecule has 0 N–H and O–H groups in total. The highest BCUT2D eigenvalue weighted by Crippen LogP contribution is 2.48. The van der Waals surface area contributed by atoms with E-state index in [1.54, 1.807) is 0 Å². The summed E-state index contributed by atoms with van der Waals surface area (Å²) >= 11 is 0. The molecule has 0 radical (unpaired) electrons. The van der Waals surface area contributed by atoms with Gasteiger partial charge in [-0.15, -0.1) is 0 Å². The predicted octanol–water partition coefficient (Wildman–Crippen LogP) is 27.7. The second kappa shape index (κ2) is 45.3. The Morgan fingerprint density at radius 2 is 0.423 bits per heavy atom. The van der Waals surface area contributed by atoms with Crippen molar-refractivity contribution in [2.75, 3.05) is 0 Å². The van der Waals surface area contributed by atoms with Crippen LogP contribution in [0, 0.1) is 55.2 Å². The van der Waals surface area contributed by atoms with Crippen LogP contribution in [0.3, 0.4) is 0 Å². The van der Waals surface area contributed by atoms with E-state index in [2.05, 4.69) is 76.2 Å². The summed E-state index contributed by atoms with van der Waals surface area (Å²) in [5, 5.41) is 0. The van der Waals surface area contributed by atoms with E-state index in [1.807, 2.05) is 145 Å². The molecule has 111 heavy (non-hydrogen) atoms. The molecule has 652 valence electrons. The molecule has 0 amide bonds. The minimum absolute atomic E-state index is 0.0150. The summed E-state index contributed by atoms with van der Waals surface area (Å²) in [5.74, 6) is 0.667. The van der Waals surface area contributed by atoms with E-state index in [4.69, 9.17) is 33.2 Å². The summed E-state index contributed by atoms with van der Waals surface area (Å²) in [6, 6.07) is 0. The van der Waals surface area contributed by atoms with Crippen molar-refractivity contribution < 1.29 is 66.7 Å². The van der Waals surface area contributed by atoms with Crippen molar-refractivity contribution >= 4 is 41.8 Å². The zero-order chi connectivity index (χ0) is 85.6. The van der Waals surface area contributed by atoms with Gasteiger partial charge >= 0.3 is 41.8 Å². The molecule has 7 aliphatic rings. The molecule has 14 nitrogen and oxygen atoms in total. The third kappa shape index (κ3) is 32.6. The van der Waals surface area contributed by atoms with Crippen LogP contribution in [0.25, 0.3) is 0 Å². The molecular weight excluding hydrogens is 1390 g/mol. The highest BCUT2D eigenvalue weighted by atomic mass is 16.6. The molecule has 0 atom stereocenters. The summed E-state index contributed by atoms with van der Waals surface area (Å²) in [7, 11) is 0. The van der Waals surface area contributed by atoms with Crippen molar-refractivity contribution in [1.82, 2.24) is 0 Å². The molecule has 7 rings (SSSR count). The Balaban J connectivity index is 0.000000648. The van der Waals surface area contributed by atoms with E-state index in [9.17, 15) is 33.6 Å². The predicted molar refractivity (Wildman–Crippen MR) is 459 cm³/mol. The maximum absolute atomic E-state index is 12.4. The van der Waals surface area contributed by atoms with Crippen molar-refractivity contribution in [1.29, 1.82) is 0 Å². The smallest absolute Gasteiger partial charge is 0.312 e. The van der Waals surface area contributed by atoms with Crippen LogP contribution in [0.5, 0.6) is 0 Å². The molecule has 0 unspecified atom stereocenters. The van der Waals surface area contributed by atoms with Gasteiger partial charge in [0, 0.05) is 5.41 Å². The fraction of sp³-hybridized carbons (Fsp3) is 0.928. The molecule has 7 saturated carbocycles. The van der Waals surface area contributed by atoms with Gasteiger partial charge in [0.05, 0.1) is 37.9 Å². The van der Waals surface area contributed by atoms with Gasteiger partial charge in [-0.05, 0) is 360 Å². The van der Waals surface area contributed by atoms with Crippen LogP contribution in [0.4, 0.5) is 0 Å². The molecule has 7 fully saturated rings. The van der Waals surface area contributed by atoms with E-state index < -0.39 is 0 Å². The van der Waals surface area contributed by atoms with Gasteiger partial charge in [-0.25, -0.2) is 0 Å². The number of carbonyl (C=O) groups excluding carboxylic acids is 7. The molecule has 0 aromatic heterocycles. The Labute approximate surface area is 684 Å². The van der Waals surface area contributed by atoms with Gasteiger partial charge in [-0.1, -0.05) is 136 Å². The molecule has 7 aliphatic carbocycles. The molecule has 0 aliphatic heterocycles. The first kappa shape index (κ1) is 105. The number of carbonyl (C=O) groups is 7. The minimum atomic E-state index is -0.365. The average Bonchev–Trinajstić information content (AvgIpc) is 1.54. The first-order valence-corrected chi connectivity index (χ1v) is 45.7. The highest BCUT2D eigenvalue weighted by Gasteiger charge is 2.50. The van der Waals surface area contributed by atoms with E-state index in [0.717, 1.165) is 148 Å². The van der Waals surface area contributed by atoms with Crippen LogP contribution in [0.2, 0.25) is 0 Å². The summed E-state index contributed by atoms with van der Waals surface area (Å²) in [6.07, 6.45) is 44.1. The Hall–Kier alpha value is -3.71. The summed E-state index contributed by atoms with van der Waals surface area (Å²) in [4.78, 5) is 84.7. The fourth-order valence-electron chi connectivity index (χ4n) is 15.1. The monoisotopic (exact) mass is 1570 g/mol. The third-order valence-corrected chi connectivity index (χ3v) is 28.7. The van der Waals surface area contributed by atoms with E-state index in [0.29, 0.717) is 11.8 Å². The summed E-state index contributed by atoms with van der Waals surface area (Å²) < 4.78 is 40.8. The van der Waals surface area contributed by atoms with Crippen LogP contribution < -0.4 is 0 Å². The molecule has 0 spiro atoms. The van der Waals surface area contributed by atoms with Crippen LogP contribution in [0.1, 0.15) is 485 Å². The van der Waals surface area contributed by atoms with Gasteiger partial charge in [-0.3, -0.25) is 33.6 Å². The second-order valence-corrected chi connectivity index (χ2v) is 41.9. The van der Waals surface area contributed by atoms with Crippen molar-refractivity contribution in [2.45, 2.75) is 524 Å².